The Kier molecular flexibility index (Phi) is 16.1. The van der Waals surface area contributed by atoms with Gasteiger partial charge in [-0.25, -0.2) is 0 Å². The molecule has 0 aliphatic heterocycles. The first-order chi connectivity index (χ1) is 13.8. The van der Waals surface area contributed by atoms with Crippen LogP contribution in [0, 0.1) is 11.3 Å². The Bertz CT molecular complexity index is 359. The molecule has 1 unspecified atom stereocenters. The second-order valence-electron chi connectivity index (χ2n) is 9.44. The molecule has 0 amide bonds. The van der Waals surface area contributed by atoms with E-state index >= 15 is 0 Å². The van der Waals surface area contributed by atoms with Gasteiger partial charge < -0.3 is 11.5 Å². The second-order valence-corrected chi connectivity index (χ2v) is 9.44. The number of rotatable bonds is 18. The van der Waals surface area contributed by atoms with Gasteiger partial charge in [0.25, 0.3) is 0 Å². The number of hydrogen-bond donors (Lipinski definition) is 2. The Morgan fingerprint density at radius 1 is 0.714 bits per heavy atom. The molecular formula is C26H52N2. The monoisotopic (exact) mass is 392 g/mol. The fourth-order valence-electron chi connectivity index (χ4n) is 5.09. The SMILES string of the molecule is CCCCCCCC/C=C\CCCCCCCCC1CCCCC1(CN)CN. The van der Waals surface area contributed by atoms with Gasteiger partial charge in [-0.15, -0.1) is 0 Å². The molecule has 4 N–H and O–H groups in total. The largest absolute Gasteiger partial charge is 0.330 e. The molecule has 0 aromatic heterocycles. The van der Waals surface area contributed by atoms with Gasteiger partial charge in [-0.05, 0) is 69.4 Å². The summed E-state index contributed by atoms with van der Waals surface area (Å²) >= 11 is 0. The summed E-state index contributed by atoms with van der Waals surface area (Å²) < 4.78 is 0. The van der Waals surface area contributed by atoms with Crippen LogP contribution in [0.5, 0.6) is 0 Å². The molecule has 1 aliphatic rings. The zero-order valence-electron chi connectivity index (χ0n) is 19.2. The zero-order chi connectivity index (χ0) is 20.3. The van der Waals surface area contributed by atoms with Crippen molar-refractivity contribution in [2.45, 2.75) is 129 Å². The minimum absolute atomic E-state index is 0.264. The van der Waals surface area contributed by atoms with Crippen LogP contribution in [0.4, 0.5) is 0 Å². The van der Waals surface area contributed by atoms with Crippen LogP contribution in [0.3, 0.4) is 0 Å². The van der Waals surface area contributed by atoms with Crippen LogP contribution < -0.4 is 11.5 Å². The molecule has 1 saturated carbocycles. The van der Waals surface area contributed by atoms with Gasteiger partial charge in [-0.2, -0.15) is 0 Å². The Hall–Kier alpha value is -0.340. The Morgan fingerprint density at radius 2 is 1.25 bits per heavy atom. The lowest BCUT2D eigenvalue weighted by Crippen LogP contribution is -2.46. The maximum atomic E-state index is 6.11. The van der Waals surface area contributed by atoms with Crippen molar-refractivity contribution in [3.63, 3.8) is 0 Å². The fraction of sp³-hybridized carbons (Fsp3) is 0.923. The molecule has 0 spiro atoms. The highest BCUT2D eigenvalue weighted by molar-refractivity contribution is 4.91. The van der Waals surface area contributed by atoms with Crippen molar-refractivity contribution < 1.29 is 0 Å². The van der Waals surface area contributed by atoms with Crippen LogP contribution in [-0.2, 0) is 0 Å². The van der Waals surface area contributed by atoms with Crippen LogP contribution in [0.25, 0.3) is 0 Å². The number of hydrogen-bond acceptors (Lipinski definition) is 2. The van der Waals surface area contributed by atoms with E-state index in [1.54, 1.807) is 0 Å². The van der Waals surface area contributed by atoms with Gasteiger partial charge in [0.05, 0.1) is 0 Å². The normalized spacial score (nSPS) is 19.5. The highest BCUT2D eigenvalue weighted by Gasteiger charge is 2.37. The van der Waals surface area contributed by atoms with Crippen LogP contribution >= 0.6 is 0 Å². The van der Waals surface area contributed by atoms with E-state index in [9.17, 15) is 0 Å². The summed E-state index contributed by atoms with van der Waals surface area (Å²) in [7, 11) is 0. The highest BCUT2D eigenvalue weighted by Crippen LogP contribution is 2.42. The summed E-state index contributed by atoms with van der Waals surface area (Å²) in [5.74, 6) is 0.785. The zero-order valence-corrected chi connectivity index (χ0v) is 19.2. The first-order valence-electron chi connectivity index (χ1n) is 12.8. The van der Waals surface area contributed by atoms with E-state index in [0.717, 1.165) is 19.0 Å². The van der Waals surface area contributed by atoms with Gasteiger partial charge in [0, 0.05) is 0 Å². The molecule has 0 bridgehead atoms. The lowest BCUT2D eigenvalue weighted by Gasteiger charge is -2.43. The second kappa shape index (κ2) is 17.5. The molecule has 2 heteroatoms. The smallest absolute Gasteiger partial charge is 0.000577 e. The lowest BCUT2D eigenvalue weighted by molar-refractivity contribution is 0.102. The van der Waals surface area contributed by atoms with Gasteiger partial charge in [-0.3, -0.25) is 0 Å². The first-order valence-corrected chi connectivity index (χ1v) is 12.8. The van der Waals surface area contributed by atoms with Crippen molar-refractivity contribution in [1.29, 1.82) is 0 Å². The van der Waals surface area contributed by atoms with E-state index in [0.29, 0.717) is 0 Å². The van der Waals surface area contributed by atoms with E-state index in [-0.39, 0.29) is 5.41 Å². The Labute approximate surface area is 177 Å². The predicted octanol–water partition coefficient (Wildman–Crippen LogP) is 7.51. The van der Waals surface area contributed by atoms with E-state index in [4.69, 9.17) is 11.5 Å². The average molecular weight is 393 g/mol. The summed E-state index contributed by atoms with van der Waals surface area (Å²) in [5, 5.41) is 0. The van der Waals surface area contributed by atoms with Gasteiger partial charge in [0.2, 0.25) is 0 Å². The summed E-state index contributed by atoms with van der Waals surface area (Å²) in [6.07, 6.45) is 30.9. The Balaban J connectivity index is 1.90. The lowest BCUT2D eigenvalue weighted by atomic mass is 9.64. The number of nitrogens with two attached hydrogens (primary N) is 2. The third-order valence-electron chi connectivity index (χ3n) is 7.22. The third-order valence-corrected chi connectivity index (χ3v) is 7.22. The molecular weight excluding hydrogens is 340 g/mol. The fourth-order valence-corrected chi connectivity index (χ4v) is 5.09. The van der Waals surface area contributed by atoms with Gasteiger partial charge in [0.1, 0.15) is 0 Å². The van der Waals surface area contributed by atoms with Gasteiger partial charge in [-0.1, -0.05) is 96.1 Å². The first kappa shape index (κ1) is 25.7. The number of allylic oxidation sites excluding steroid dienone is 2. The highest BCUT2D eigenvalue weighted by atomic mass is 14.7. The van der Waals surface area contributed by atoms with Crippen molar-refractivity contribution in [1.82, 2.24) is 0 Å². The van der Waals surface area contributed by atoms with Crippen LogP contribution in [0.1, 0.15) is 129 Å². The molecule has 166 valence electrons. The topological polar surface area (TPSA) is 52.0 Å². The summed E-state index contributed by atoms with van der Waals surface area (Å²) in [6, 6.07) is 0. The molecule has 0 aromatic carbocycles. The summed E-state index contributed by atoms with van der Waals surface area (Å²) in [6.45, 7) is 3.87. The van der Waals surface area contributed by atoms with E-state index in [1.807, 2.05) is 0 Å². The maximum Gasteiger partial charge on any atom is -0.000577 e. The summed E-state index contributed by atoms with van der Waals surface area (Å²) in [4.78, 5) is 0. The molecule has 0 saturated heterocycles. The maximum absolute atomic E-state index is 6.11. The quantitative estimate of drug-likeness (QED) is 0.187. The minimum atomic E-state index is 0.264. The molecule has 1 aliphatic carbocycles. The average Bonchev–Trinajstić information content (AvgIpc) is 2.73. The molecule has 0 radical (unpaired) electrons. The van der Waals surface area contributed by atoms with Crippen molar-refractivity contribution in [2.75, 3.05) is 13.1 Å². The molecule has 1 atom stereocenters. The van der Waals surface area contributed by atoms with Crippen molar-refractivity contribution in [3.05, 3.63) is 12.2 Å². The van der Waals surface area contributed by atoms with Crippen LogP contribution in [0.15, 0.2) is 12.2 Å². The molecule has 2 nitrogen and oxygen atoms in total. The van der Waals surface area contributed by atoms with Crippen molar-refractivity contribution >= 4 is 0 Å². The predicted molar refractivity (Wildman–Crippen MR) is 127 cm³/mol. The van der Waals surface area contributed by atoms with Gasteiger partial charge in [0.15, 0.2) is 0 Å². The molecule has 0 aromatic rings. The van der Waals surface area contributed by atoms with Crippen LogP contribution in [-0.4, -0.2) is 13.1 Å². The van der Waals surface area contributed by atoms with E-state index in [2.05, 4.69) is 19.1 Å². The summed E-state index contributed by atoms with van der Waals surface area (Å²) in [5.41, 5.74) is 12.5. The molecule has 0 heterocycles. The van der Waals surface area contributed by atoms with Crippen molar-refractivity contribution in [3.8, 4) is 0 Å². The van der Waals surface area contributed by atoms with E-state index in [1.165, 1.54) is 122 Å². The third kappa shape index (κ3) is 11.0. The standard InChI is InChI=1S/C26H52N2/c1-2-3-4-5-6-7-8-9-10-11-12-13-14-15-16-17-20-25-21-18-19-22-26(25,23-27)24-28/h9-10,25H,2-8,11-24,27-28H2,1H3/b10-9-. The molecule has 1 fully saturated rings. The van der Waals surface area contributed by atoms with Crippen LogP contribution in [0.2, 0.25) is 0 Å². The van der Waals surface area contributed by atoms with Crippen molar-refractivity contribution in [2.24, 2.45) is 22.8 Å². The van der Waals surface area contributed by atoms with Gasteiger partial charge >= 0.3 is 0 Å². The molecule has 28 heavy (non-hydrogen) atoms. The minimum Gasteiger partial charge on any atom is -0.330 e. The van der Waals surface area contributed by atoms with E-state index < -0.39 is 0 Å². The molecule has 1 rings (SSSR count). The Morgan fingerprint density at radius 3 is 1.82 bits per heavy atom. The number of unbranched alkanes of at least 4 members (excludes halogenated alkanes) is 12.